The molecule has 3 aromatic rings. The van der Waals surface area contributed by atoms with Gasteiger partial charge in [-0.2, -0.15) is 11.3 Å². The Morgan fingerprint density at radius 1 is 1.00 bits per heavy atom. The molecule has 3 rings (SSSR count). The van der Waals surface area contributed by atoms with Crippen molar-refractivity contribution in [1.29, 1.82) is 0 Å². The van der Waals surface area contributed by atoms with Crippen LogP contribution in [0.25, 0.3) is 11.1 Å². The summed E-state index contributed by atoms with van der Waals surface area (Å²) in [7, 11) is 0. The van der Waals surface area contributed by atoms with Gasteiger partial charge in [-0.25, -0.2) is 4.79 Å². The van der Waals surface area contributed by atoms with Crippen LogP contribution >= 0.6 is 34.5 Å². The maximum atomic E-state index is 12.4. The zero-order chi connectivity index (χ0) is 18.0. The summed E-state index contributed by atoms with van der Waals surface area (Å²) in [5, 5.41) is 16.5. The molecule has 0 bridgehead atoms. The Kier molecular flexibility index (Phi) is 6.93. The van der Waals surface area contributed by atoms with E-state index < -0.39 is 11.9 Å². The van der Waals surface area contributed by atoms with Gasteiger partial charge in [-0.05, 0) is 58.3 Å². The van der Waals surface area contributed by atoms with Gasteiger partial charge >= 0.3 is 24.8 Å². The van der Waals surface area contributed by atoms with E-state index in [4.69, 9.17) is 23.2 Å². The molecule has 0 aliphatic rings. The largest absolute Gasteiger partial charge is 1.00 e. The number of carboxylic acid groups (broad SMARTS) is 1. The van der Waals surface area contributed by atoms with Gasteiger partial charge in [0.2, 0.25) is 0 Å². The van der Waals surface area contributed by atoms with Crippen LogP contribution in [0.3, 0.4) is 0 Å². The van der Waals surface area contributed by atoms with E-state index in [2.05, 4.69) is 5.32 Å². The number of nitrogens with one attached hydrogen (secondary N) is 1. The fraction of sp³-hybridized carbons (Fsp3) is 0. The maximum absolute atomic E-state index is 12.4. The van der Waals surface area contributed by atoms with Crippen LogP contribution in [-0.4, -0.2) is 17.0 Å². The van der Waals surface area contributed by atoms with Crippen molar-refractivity contribution in [2.45, 2.75) is 0 Å². The van der Waals surface area contributed by atoms with Gasteiger partial charge in [0.15, 0.2) is 0 Å². The fourth-order valence-electron chi connectivity index (χ4n) is 2.30. The summed E-state index contributed by atoms with van der Waals surface area (Å²) in [5.74, 6) is -1.64. The normalized spacial score (nSPS) is 10.1. The first-order chi connectivity index (χ1) is 12.0. The second-order valence-corrected chi connectivity index (χ2v) is 6.78. The first-order valence-electron chi connectivity index (χ1n) is 7.12. The number of amides is 1. The van der Waals surface area contributed by atoms with Crippen LogP contribution in [0.2, 0.25) is 10.0 Å². The van der Waals surface area contributed by atoms with E-state index in [1.807, 2.05) is 16.8 Å². The Labute approximate surface area is 177 Å². The fourth-order valence-corrected chi connectivity index (χ4v) is 3.46. The first-order valence-corrected chi connectivity index (χ1v) is 8.82. The second-order valence-electron chi connectivity index (χ2n) is 5.16. The third kappa shape index (κ3) is 4.50. The van der Waals surface area contributed by atoms with Crippen LogP contribution in [0.15, 0.2) is 53.2 Å². The Bertz CT molecular complexity index is 967. The standard InChI is InChI=1S/C18H11Cl2NO3S.Li.H/c19-12-2-3-13(15(20)8-12)17(22)21-16-4-1-10(7-14(16)18(23)24)11-5-6-25-9-11;;/h1-9H,(H,21,22)(H,23,24);;/q;+1;-1. The number of halogens is 2. The van der Waals surface area contributed by atoms with Crippen molar-refractivity contribution in [2.75, 3.05) is 5.32 Å². The van der Waals surface area contributed by atoms with Crippen LogP contribution in [0.1, 0.15) is 22.1 Å². The van der Waals surface area contributed by atoms with Gasteiger partial charge in [-0.3, -0.25) is 4.79 Å². The molecule has 0 aliphatic heterocycles. The number of benzene rings is 2. The number of hydrogen-bond donors (Lipinski definition) is 2. The van der Waals surface area contributed by atoms with E-state index in [1.165, 1.54) is 29.5 Å². The third-order valence-corrected chi connectivity index (χ3v) is 4.76. The maximum Gasteiger partial charge on any atom is 1.00 e. The molecule has 0 saturated carbocycles. The Morgan fingerprint density at radius 3 is 2.38 bits per heavy atom. The zero-order valence-electron chi connectivity index (χ0n) is 14.6. The van der Waals surface area contributed by atoms with Gasteiger partial charge in [-0.1, -0.05) is 29.3 Å². The molecule has 1 aromatic heterocycles. The molecule has 0 aliphatic carbocycles. The molecule has 8 heteroatoms. The van der Waals surface area contributed by atoms with Crippen LogP contribution in [0, 0.1) is 0 Å². The molecule has 4 nitrogen and oxygen atoms in total. The molecule has 1 heterocycles. The molecule has 26 heavy (non-hydrogen) atoms. The number of anilines is 1. The van der Waals surface area contributed by atoms with E-state index in [9.17, 15) is 14.7 Å². The molecule has 0 fully saturated rings. The van der Waals surface area contributed by atoms with Crippen molar-refractivity contribution in [3.8, 4) is 11.1 Å². The minimum absolute atomic E-state index is 0. The minimum atomic E-state index is -1.13. The second kappa shape index (κ2) is 8.76. The van der Waals surface area contributed by atoms with E-state index in [0.29, 0.717) is 5.02 Å². The molecule has 0 atom stereocenters. The van der Waals surface area contributed by atoms with Gasteiger partial charge < -0.3 is 11.8 Å². The molecule has 2 N–H and O–H groups in total. The summed E-state index contributed by atoms with van der Waals surface area (Å²) in [6, 6.07) is 11.2. The summed E-state index contributed by atoms with van der Waals surface area (Å²) < 4.78 is 0. The smallest absolute Gasteiger partial charge is 1.00 e. The number of hydrogen-bond acceptors (Lipinski definition) is 3. The average Bonchev–Trinajstić information content (AvgIpc) is 3.09. The zero-order valence-corrected chi connectivity index (χ0v) is 16.0. The molecule has 1 amide bonds. The van der Waals surface area contributed by atoms with Gasteiger partial charge in [0.05, 0.1) is 21.8 Å². The van der Waals surface area contributed by atoms with E-state index in [1.54, 1.807) is 18.2 Å². The number of rotatable bonds is 4. The Hall–Kier alpha value is -1.74. The summed E-state index contributed by atoms with van der Waals surface area (Å²) in [6.45, 7) is 0. The quantitative estimate of drug-likeness (QED) is 0.662. The van der Waals surface area contributed by atoms with E-state index >= 15 is 0 Å². The molecular formula is C18H12Cl2LiNO3S. The van der Waals surface area contributed by atoms with Gasteiger partial charge in [0, 0.05) is 5.02 Å². The van der Waals surface area contributed by atoms with Crippen LogP contribution in [0.4, 0.5) is 5.69 Å². The summed E-state index contributed by atoms with van der Waals surface area (Å²) in [6.07, 6.45) is 0. The Balaban J connectivity index is 0.00000182. The average molecular weight is 400 g/mol. The van der Waals surface area contributed by atoms with Crippen molar-refractivity contribution < 1.29 is 35.0 Å². The number of aromatic carboxylic acids is 1. The minimum Gasteiger partial charge on any atom is -1.00 e. The van der Waals surface area contributed by atoms with Gasteiger partial charge in [0.25, 0.3) is 5.91 Å². The molecule has 0 unspecified atom stereocenters. The predicted octanol–water partition coefficient (Wildman–Crippen LogP) is 2.79. The van der Waals surface area contributed by atoms with Crippen LogP contribution in [0.5, 0.6) is 0 Å². The number of carbonyl (C=O) groups excluding carboxylic acids is 1. The molecule has 0 saturated heterocycles. The number of carboxylic acids is 1. The van der Waals surface area contributed by atoms with Crippen molar-refractivity contribution in [2.24, 2.45) is 0 Å². The van der Waals surface area contributed by atoms with Crippen LogP contribution in [-0.2, 0) is 0 Å². The Morgan fingerprint density at radius 2 is 1.77 bits per heavy atom. The number of carbonyl (C=O) groups is 2. The van der Waals surface area contributed by atoms with Crippen molar-refractivity contribution in [3.05, 3.63) is 74.4 Å². The van der Waals surface area contributed by atoms with Crippen molar-refractivity contribution in [1.82, 2.24) is 0 Å². The van der Waals surface area contributed by atoms with E-state index in [-0.39, 0.29) is 42.1 Å². The number of thiophene rings is 1. The third-order valence-electron chi connectivity index (χ3n) is 3.53. The molecular weight excluding hydrogens is 388 g/mol. The molecule has 0 spiro atoms. The van der Waals surface area contributed by atoms with Gasteiger partial charge in [-0.15, -0.1) is 0 Å². The van der Waals surface area contributed by atoms with Crippen LogP contribution < -0.4 is 24.2 Å². The molecule has 2 aromatic carbocycles. The first kappa shape index (κ1) is 20.6. The van der Waals surface area contributed by atoms with Crippen molar-refractivity contribution >= 4 is 52.1 Å². The van der Waals surface area contributed by atoms with E-state index in [0.717, 1.165) is 11.1 Å². The topological polar surface area (TPSA) is 66.4 Å². The molecule has 128 valence electrons. The predicted molar refractivity (Wildman–Crippen MR) is 102 cm³/mol. The van der Waals surface area contributed by atoms with Gasteiger partial charge in [0.1, 0.15) is 0 Å². The monoisotopic (exact) mass is 399 g/mol. The molecule has 0 radical (unpaired) electrons. The summed E-state index contributed by atoms with van der Waals surface area (Å²) in [4.78, 5) is 24.0. The summed E-state index contributed by atoms with van der Waals surface area (Å²) >= 11 is 13.4. The SMILES string of the molecule is O=C(Nc1ccc(-c2ccsc2)cc1C(=O)O)c1ccc(Cl)cc1Cl.[H-].[Li+]. The van der Waals surface area contributed by atoms with Crippen molar-refractivity contribution in [3.63, 3.8) is 0 Å². The summed E-state index contributed by atoms with van der Waals surface area (Å²) in [5.41, 5.74) is 2.10.